The fourth-order valence-corrected chi connectivity index (χ4v) is 8.08. The molecule has 1 unspecified atom stereocenters. The normalized spacial score (nSPS) is 23.4. The van der Waals surface area contributed by atoms with Gasteiger partial charge in [0.2, 0.25) is 11.9 Å². The molecule has 14 heteroatoms. The number of nitrogens with one attached hydrogen (secondary N) is 2. The average molecular weight is 708 g/mol. The molecular formula is C37H53N7O7. The monoisotopic (exact) mass is 707 g/mol. The SMILES string of the molecule is CC[C@@H]1C(=O)N(C)c2cnc(Nc3ccc(C(=O)NC4(CCO)COC5(CCN(C(=O)OC(C)(C)C)CC5)C4)cc3OC)nc2N1C1CCCC1. The maximum absolute atomic E-state index is 13.7. The number of methoxy groups -OCH3 is 1. The van der Waals surface area contributed by atoms with Crippen molar-refractivity contribution in [1.29, 1.82) is 0 Å². The molecule has 1 aromatic heterocycles. The first-order valence-electron chi connectivity index (χ1n) is 18.2. The van der Waals surface area contributed by atoms with Gasteiger partial charge in [-0.2, -0.15) is 4.98 Å². The molecule has 278 valence electrons. The van der Waals surface area contributed by atoms with Crippen molar-refractivity contribution >= 4 is 41.0 Å². The Morgan fingerprint density at radius 2 is 1.88 bits per heavy atom. The lowest BCUT2D eigenvalue weighted by molar-refractivity contribution is -0.120. The zero-order valence-electron chi connectivity index (χ0n) is 30.8. The van der Waals surface area contributed by atoms with E-state index in [4.69, 9.17) is 19.2 Å². The number of rotatable bonds is 9. The molecule has 1 aromatic carbocycles. The van der Waals surface area contributed by atoms with Crippen LogP contribution in [0.1, 0.15) is 95.8 Å². The Morgan fingerprint density at radius 3 is 2.53 bits per heavy atom. The number of aromatic nitrogens is 2. The summed E-state index contributed by atoms with van der Waals surface area (Å²) in [5.41, 5.74) is -0.189. The average Bonchev–Trinajstić information content (AvgIpc) is 3.75. The van der Waals surface area contributed by atoms with E-state index in [2.05, 4.69) is 20.5 Å². The Kier molecular flexibility index (Phi) is 10.4. The fraction of sp³-hybridized carbons (Fsp3) is 0.649. The molecule has 4 aliphatic rings. The molecule has 2 atom stereocenters. The summed E-state index contributed by atoms with van der Waals surface area (Å²) in [5.74, 6) is 1.28. The summed E-state index contributed by atoms with van der Waals surface area (Å²) >= 11 is 0. The van der Waals surface area contributed by atoms with Crippen molar-refractivity contribution < 1.29 is 33.7 Å². The molecule has 6 rings (SSSR count). The highest BCUT2D eigenvalue weighted by molar-refractivity contribution is 6.04. The molecule has 51 heavy (non-hydrogen) atoms. The van der Waals surface area contributed by atoms with Gasteiger partial charge < -0.3 is 44.7 Å². The number of carbonyl (C=O) groups excluding carboxylic acids is 3. The summed E-state index contributed by atoms with van der Waals surface area (Å²) in [5, 5.41) is 16.5. The summed E-state index contributed by atoms with van der Waals surface area (Å²) in [7, 11) is 3.31. The van der Waals surface area contributed by atoms with Crippen LogP contribution in [0, 0.1) is 0 Å². The number of hydrogen-bond acceptors (Lipinski definition) is 11. The van der Waals surface area contributed by atoms with Crippen molar-refractivity contribution in [3.05, 3.63) is 30.0 Å². The van der Waals surface area contributed by atoms with E-state index < -0.39 is 16.7 Å². The number of aliphatic hydroxyl groups excluding tert-OH is 1. The lowest BCUT2D eigenvalue weighted by atomic mass is 9.80. The number of likely N-dealkylation sites (tertiary alicyclic amines) is 1. The highest BCUT2D eigenvalue weighted by Crippen LogP contribution is 2.43. The standard InChI is InChI=1S/C37H53N7O7/c1-7-27-32(47)42(5)28-21-38-33(40-30(28)44(27)25-10-8-9-11-25)39-26-13-12-24(20-29(26)49-6)31(46)41-36(16-19-45)22-37(50-23-36)14-17-43(18-15-37)34(48)51-35(2,3)4/h12-13,20-21,25,27,45H,7-11,14-19,22-23H2,1-6H3,(H,41,46)(H,38,39,40)/t27-,36?/m1/s1. The second-order valence-corrected chi connectivity index (χ2v) is 15.4. The van der Waals surface area contributed by atoms with Crippen LogP contribution in [0.3, 0.4) is 0 Å². The zero-order valence-corrected chi connectivity index (χ0v) is 30.8. The molecule has 1 saturated carbocycles. The molecule has 0 radical (unpaired) electrons. The largest absolute Gasteiger partial charge is 0.495 e. The third kappa shape index (κ3) is 7.57. The molecule has 2 saturated heterocycles. The predicted molar refractivity (Wildman–Crippen MR) is 193 cm³/mol. The first-order valence-corrected chi connectivity index (χ1v) is 18.2. The van der Waals surface area contributed by atoms with Crippen LogP contribution in [-0.2, 0) is 14.3 Å². The number of aliphatic hydroxyl groups is 1. The highest BCUT2D eigenvalue weighted by atomic mass is 16.6. The van der Waals surface area contributed by atoms with Crippen molar-refractivity contribution in [2.45, 2.75) is 114 Å². The van der Waals surface area contributed by atoms with Gasteiger partial charge in [-0.3, -0.25) is 9.59 Å². The van der Waals surface area contributed by atoms with E-state index in [1.807, 2.05) is 27.7 Å². The molecule has 3 aliphatic heterocycles. The van der Waals surface area contributed by atoms with Gasteiger partial charge in [-0.15, -0.1) is 0 Å². The number of benzene rings is 1. The maximum atomic E-state index is 13.7. The second kappa shape index (κ2) is 14.5. The minimum absolute atomic E-state index is 0.0560. The molecular weight excluding hydrogens is 654 g/mol. The number of piperidine rings is 1. The second-order valence-electron chi connectivity index (χ2n) is 15.4. The first kappa shape index (κ1) is 36.6. The van der Waals surface area contributed by atoms with E-state index in [9.17, 15) is 19.5 Å². The van der Waals surface area contributed by atoms with Gasteiger partial charge in [-0.1, -0.05) is 19.8 Å². The number of hydrogen-bond donors (Lipinski definition) is 3. The van der Waals surface area contributed by atoms with Gasteiger partial charge in [0.05, 0.1) is 36.7 Å². The third-order valence-electron chi connectivity index (χ3n) is 10.7. The minimum atomic E-state index is -0.767. The van der Waals surface area contributed by atoms with Crippen LogP contribution in [0.5, 0.6) is 5.75 Å². The van der Waals surface area contributed by atoms with Gasteiger partial charge in [-0.05, 0) is 77.5 Å². The van der Waals surface area contributed by atoms with E-state index in [-0.39, 0.29) is 43.2 Å². The number of fused-ring (bicyclic) bond motifs is 1. The Hall–Kier alpha value is -4.17. The first-order chi connectivity index (χ1) is 24.3. The van der Waals surface area contributed by atoms with Crippen molar-refractivity contribution in [2.75, 3.05) is 55.6 Å². The molecule has 2 aromatic rings. The van der Waals surface area contributed by atoms with E-state index in [0.717, 1.165) is 31.5 Å². The minimum Gasteiger partial charge on any atom is -0.495 e. The van der Waals surface area contributed by atoms with Gasteiger partial charge in [0.1, 0.15) is 23.1 Å². The summed E-state index contributed by atoms with van der Waals surface area (Å²) < 4.78 is 17.6. The Morgan fingerprint density at radius 1 is 1.16 bits per heavy atom. The van der Waals surface area contributed by atoms with E-state index in [0.29, 0.717) is 73.8 Å². The van der Waals surface area contributed by atoms with Crippen LogP contribution in [0.4, 0.5) is 27.9 Å². The maximum Gasteiger partial charge on any atom is 0.410 e. The third-order valence-corrected chi connectivity index (χ3v) is 10.7. The van der Waals surface area contributed by atoms with E-state index >= 15 is 0 Å². The number of ether oxygens (including phenoxy) is 3. The summed E-state index contributed by atoms with van der Waals surface area (Å²) in [4.78, 5) is 54.7. The number of likely N-dealkylation sites (N-methyl/N-ethyl adjacent to an activating group) is 1. The molecule has 3 amide bonds. The summed E-state index contributed by atoms with van der Waals surface area (Å²) in [6.07, 6.45) is 8.42. The van der Waals surface area contributed by atoms with Crippen LogP contribution >= 0.6 is 0 Å². The van der Waals surface area contributed by atoms with Crippen molar-refractivity contribution in [1.82, 2.24) is 20.2 Å². The topological polar surface area (TPSA) is 159 Å². The van der Waals surface area contributed by atoms with Crippen LogP contribution in [0.15, 0.2) is 24.4 Å². The Labute approximate surface area is 300 Å². The highest BCUT2D eigenvalue weighted by Gasteiger charge is 2.51. The molecule has 0 bridgehead atoms. The van der Waals surface area contributed by atoms with Crippen LogP contribution < -0.4 is 25.2 Å². The molecule has 4 heterocycles. The van der Waals surface area contributed by atoms with Crippen molar-refractivity contribution in [2.24, 2.45) is 0 Å². The van der Waals surface area contributed by atoms with Crippen molar-refractivity contribution in [3.63, 3.8) is 0 Å². The van der Waals surface area contributed by atoms with Crippen LogP contribution in [0.25, 0.3) is 0 Å². The van der Waals surface area contributed by atoms with E-state index in [1.54, 1.807) is 41.2 Å². The lowest BCUT2D eigenvalue weighted by Crippen LogP contribution is -2.55. The number of nitrogens with zero attached hydrogens (tertiary/aromatic N) is 5. The molecule has 14 nitrogen and oxygen atoms in total. The predicted octanol–water partition coefficient (Wildman–Crippen LogP) is 4.77. The molecule has 1 aliphatic carbocycles. The lowest BCUT2D eigenvalue weighted by Gasteiger charge is -2.43. The molecule has 3 fully saturated rings. The Bertz CT molecular complexity index is 1620. The van der Waals surface area contributed by atoms with Gasteiger partial charge >= 0.3 is 6.09 Å². The summed E-state index contributed by atoms with van der Waals surface area (Å²) in [6, 6.07) is 5.10. The molecule has 1 spiro atoms. The van der Waals surface area contributed by atoms with Gasteiger partial charge in [0.25, 0.3) is 5.91 Å². The zero-order chi connectivity index (χ0) is 36.6. The fourth-order valence-electron chi connectivity index (χ4n) is 8.08. The number of amides is 3. The smallest absolute Gasteiger partial charge is 0.410 e. The van der Waals surface area contributed by atoms with Crippen LogP contribution in [-0.4, -0.2) is 107 Å². The van der Waals surface area contributed by atoms with Gasteiger partial charge in [0.15, 0.2) is 5.82 Å². The van der Waals surface area contributed by atoms with Crippen LogP contribution in [0.2, 0.25) is 0 Å². The van der Waals surface area contributed by atoms with Crippen molar-refractivity contribution in [3.8, 4) is 5.75 Å². The van der Waals surface area contributed by atoms with E-state index in [1.165, 1.54) is 7.11 Å². The van der Waals surface area contributed by atoms with Gasteiger partial charge in [0, 0.05) is 44.8 Å². The number of anilines is 4. The summed E-state index contributed by atoms with van der Waals surface area (Å²) in [6.45, 7) is 8.71. The Balaban J connectivity index is 1.16. The molecule has 3 N–H and O–H groups in total. The van der Waals surface area contributed by atoms with Gasteiger partial charge in [-0.25, -0.2) is 9.78 Å². The number of carbonyl (C=O) groups is 3. The quantitative estimate of drug-likeness (QED) is 0.330.